The van der Waals surface area contributed by atoms with E-state index in [9.17, 15) is 18.0 Å². The molecule has 0 saturated heterocycles. The van der Waals surface area contributed by atoms with Crippen LogP contribution in [0.5, 0.6) is 0 Å². The van der Waals surface area contributed by atoms with Gasteiger partial charge >= 0.3 is 5.69 Å². The molecule has 0 spiro atoms. The van der Waals surface area contributed by atoms with Crippen molar-refractivity contribution in [3.63, 3.8) is 0 Å². The first kappa shape index (κ1) is 23.6. The summed E-state index contributed by atoms with van der Waals surface area (Å²) in [6.45, 7) is 1.89. The van der Waals surface area contributed by atoms with E-state index in [0.717, 1.165) is 35.5 Å². The number of nitrogens with one attached hydrogen (secondary N) is 1. The number of sulfonamides is 1. The molecule has 0 radical (unpaired) electrons. The predicted molar refractivity (Wildman–Crippen MR) is 135 cm³/mol. The number of fused-ring (bicyclic) bond motifs is 3. The lowest BCUT2D eigenvalue weighted by molar-refractivity contribution is 0.0975. The lowest BCUT2D eigenvalue weighted by atomic mass is 10.0. The largest absolute Gasteiger partial charge is 0.354 e. The molecular formula is C24H27N3O4S3. The normalized spacial score (nSPS) is 17.5. The third-order valence-electron chi connectivity index (χ3n) is 6.48. The highest BCUT2D eigenvalue weighted by atomic mass is 32.2. The summed E-state index contributed by atoms with van der Waals surface area (Å²) in [7, 11) is -3.93. The summed E-state index contributed by atoms with van der Waals surface area (Å²) in [5.74, 6) is 0.0875. The van der Waals surface area contributed by atoms with Crippen LogP contribution in [-0.4, -0.2) is 29.0 Å². The highest BCUT2D eigenvalue weighted by Crippen LogP contribution is 2.44. The molecule has 180 valence electrons. The Kier molecular flexibility index (Phi) is 6.56. The van der Waals surface area contributed by atoms with Gasteiger partial charge in [0.25, 0.3) is 10.0 Å². The zero-order valence-electron chi connectivity index (χ0n) is 19.0. The molecule has 0 atom stereocenters. The van der Waals surface area contributed by atoms with Crippen molar-refractivity contribution in [3.8, 4) is 5.69 Å². The molecule has 1 aromatic rings. The lowest BCUT2D eigenvalue weighted by Gasteiger charge is -2.23. The third kappa shape index (κ3) is 4.55. The van der Waals surface area contributed by atoms with Gasteiger partial charge in [0.2, 0.25) is 0 Å². The maximum Gasteiger partial charge on any atom is 0.354 e. The maximum atomic E-state index is 13.1. The molecule has 2 heterocycles. The number of carbonyl (C=O) groups excluding carboxylic acids is 1. The molecule has 0 bridgehead atoms. The zero-order valence-corrected chi connectivity index (χ0v) is 21.5. The molecule has 0 aromatic heterocycles. The Morgan fingerprint density at radius 2 is 1.74 bits per heavy atom. The summed E-state index contributed by atoms with van der Waals surface area (Å²) in [5, 5.41) is 0.367. The lowest BCUT2D eigenvalue weighted by Crippen LogP contribution is -2.24. The van der Waals surface area contributed by atoms with Crippen LogP contribution >= 0.6 is 23.1 Å². The van der Waals surface area contributed by atoms with Crippen molar-refractivity contribution in [3.05, 3.63) is 50.9 Å². The van der Waals surface area contributed by atoms with Crippen molar-refractivity contribution >= 4 is 44.7 Å². The molecule has 2 aliphatic heterocycles. The van der Waals surface area contributed by atoms with Gasteiger partial charge in [0.05, 0.1) is 14.0 Å². The number of benzene rings is 1. The van der Waals surface area contributed by atoms with Gasteiger partial charge in [0.1, 0.15) is 5.69 Å². The molecular weight excluding hydrogens is 490 g/mol. The van der Waals surface area contributed by atoms with Crippen LogP contribution in [-0.2, 0) is 16.4 Å². The second-order valence-corrected chi connectivity index (χ2v) is 13.3. The van der Waals surface area contributed by atoms with E-state index in [2.05, 4.69) is 9.71 Å². The summed E-state index contributed by atoms with van der Waals surface area (Å²) >= 11 is 3.06. The highest BCUT2D eigenvalue weighted by Gasteiger charge is 2.32. The number of imidazole rings is 1. The summed E-state index contributed by atoms with van der Waals surface area (Å²) in [5.41, 5.74) is 1.54. The van der Waals surface area contributed by atoms with Gasteiger partial charge in [0, 0.05) is 17.4 Å². The van der Waals surface area contributed by atoms with E-state index >= 15 is 0 Å². The SMILES string of the molecule is Cc1ccc(S(=O)(=O)Nc2nc(=O)n3c4c(sc(SC5CCCCCC5)c2-3)C(=O)CCC4)cc1. The molecule has 0 amide bonds. The Morgan fingerprint density at radius 3 is 2.44 bits per heavy atom. The van der Waals surface area contributed by atoms with Gasteiger partial charge in [-0.05, 0) is 44.7 Å². The minimum atomic E-state index is -3.93. The molecule has 1 aromatic carbocycles. The fourth-order valence-electron chi connectivity index (χ4n) is 4.68. The average molecular weight is 518 g/mol. The Bertz CT molecular complexity index is 1350. The number of thioether (sulfide) groups is 1. The summed E-state index contributed by atoms with van der Waals surface area (Å²) in [4.78, 5) is 30.6. The van der Waals surface area contributed by atoms with Crippen LogP contribution in [0.2, 0.25) is 0 Å². The number of aromatic nitrogens is 2. The van der Waals surface area contributed by atoms with E-state index in [1.807, 2.05) is 6.92 Å². The topological polar surface area (TPSA) is 98.1 Å². The van der Waals surface area contributed by atoms with E-state index < -0.39 is 15.7 Å². The predicted octanol–water partition coefficient (Wildman–Crippen LogP) is 5.17. The van der Waals surface area contributed by atoms with E-state index in [4.69, 9.17) is 0 Å². The molecule has 2 aliphatic carbocycles. The third-order valence-corrected chi connectivity index (χ3v) is 10.6. The fraction of sp³-hybridized carbons (Fsp3) is 0.458. The van der Waals surface area contributed by atoms with Crippen LogP contribution in [0.15, 0.2) is 38.2 Å². The Balaban J connectivity index is 1.62. The van der Waals surface area contributed by atoms with E-state index in [1.54, 1.807) is 36.0 Å². The fourth-order valence-corrected chi connectivity index (χ4v) is 8.71. The Hall–Kier alpha value is -2.17. The first-order valence-corrected chi connectivity index (χ1v) is 14.9. The summed E-state index contributed by atoms with van der Waals surface area (Å²) in [6.07, 6.45) is 8.62. The number of hydrogen-bond donors (Lipinski definition) is 1. The molecule has 7 nitrogen and oxygen atoms in total. The maximum absolute atomic E-state index is 13.1. The van der Waals surface area contributed by atoms with Crippen molar-refractivity contribution in [1.82, 2.24) is 9.55 Å². The molecule has 34 heavy (non-hydrogen) atoms. The number of ketones is 1. The van der Waals surface area contributed by atoms with Gasteiger partial charge in [0.15, 0.2) is 11.6 Å². The molecule has 1 saturated carbocycles. The van der Waals surface area contributed by atoms with Crippen LogP contribution in [0.3, 0.4) is 0 Å². The minimum absolute atomic E-state index is 0.0405. The summed E-state index contributed by atoms with van der Waals surface area (Å²) in [6, 6.07) is 6.54. The Labute approximate surface area is 207 Å². The Morgan fingerprint density at radius 1 is 1.03 bits per heavy atom. The van der Waals surface area contributed by atoms with Crippen molar-refractivity contribution in [2.45, 2.75) is 79.1 Å². The van der Waals surface area contributed by atoms with E-state index in [-0.39, 0.29) is 16.5 Å². The van der Waals surface area contributed by atoms with Crippen LogP contribution < -0.4 is 10.4 Å². The number of Topliss-reactive ketones (excluding diaryl/α,β-unsaturated/α-hetero) is 1. The zero-order chi connectivity index (χ0) is 23.9. The highest BCUT2D eigenvalue weighted by molar-refractivity contribution is 8.01. The smallest absolute Gasteiger partial charge is 0.293 e. The molecule has 0 unspecified atom stereocenters. The summed E-state index contributed by atoms with van der Waals surface area (Å²) < 4.78 is 31.1. The number of aryl methyl sites for hydroxylation is 1. The number of anilines is 1. The van der Waals surface area contributed by atoms with Crippen LogP contribution in [0.4, 0.5) is 5.82 Å². The quantitative estimate of drug-likeness (QED) is 0.469. The van der Waals surface area contributed by atoms with Gasteiger partial charge in [-0.3, -0.25) is 14.1 Å². The first-order chi connectivity index (χ1) is 16.3. The van der Waals surface area contributed by atoms with Gasteiger partial charge in [-0.15, -0.1) is 23.1 Å². The average Bonchev–Trinajstić information content (AvgIpc) is 2.96. The van der Waals surface area contributed by atoms with Crippen molar-refractivity contribution in [2.24, 2.45) is 0 Å². The van der Waals surface area contributed by atoms with Crippen molar-refractivity contribution < 1.29 is 13.2 Å². The van der Waals surface area contributed by atoms with Gasteiger partial charge in [-0.1, -0.05) is 43.4 Å². The minimum Gasteiger partial charge on any atom is -0.293 e. The van der Waals surface area contributed by atoms with Crippen LogP contribution in [0, 0.1) is 6.92 Å². The first-order valence-electron chi connectivity index (χ1n) is 11.7. The number of carbonyl (C=O) groups is 1. The van der Waals surface area contributed by atoms with Gasteiger partial charge in [-0.2, -0.15) is 4.98 Å². The van der Waals surface area contributed by atoms with Crippen LogP contribution in [0.25, 0.3) is 5.69 Å². The van der Waals surface area contributed by atoms with Gasteiger partial charge in [-0.25, -0.2) is 13.2 Å². The molecule has 4 aliphatic rings. The number of nitrogens with zero attached hydrogens (tertiary/aromatic N) is 2. The molecule has 1 N–H and O–H groups in total. The number of hydrogen-bond acceptors (Lipinski definition) is 7. The molecule has 10 heteroatoms. The molecule has 5 rings (SSSR count). The van der Waals surface area contributed by atoms with E-state index in [0.29, 0.717) is 40.8 Å². The van der Waals surface area contributed by atoms with Crippen molar-refractivity contribution in [2.75, 3.05) is 4.72 Å². The molecule has 1 fully saturated rings. The van der Waals surface area contributed by atoms with E-state index in [1.165, 1.54) is 28.7 Å². The van der Waals surface area contributed by atoms with Crippen LogP contribution in [0.1, 0.15) is 72.3 Å². The second kappa shape index (κ2) is 9.47. The second-order valence-electron chi connectivity index (χ2n) is 9.02. The number of rotatable bonds is 5. The monoisotopic (exact) mass is 517 g/mol. The van der Waals surface area contributed by atoms with Gasteiger partial charge < -0.3 is 0 Å². The standard InChI is InChI=1S/C24H27N3O4S3/c1-15-11-13-17(14-12-15)34(30,31)26-22-20-23(32-16-7-4-2-3-5-8-16)33-21-18(9-6-10-19(21)28)27(20)24(29)25-22/h11-14,16H,2-10H2,1H3,(H,25,26,29). The van der Waals surface area contributed by atoms with Crippen molar-refractivity contribution in [1.29, 1.82) is 0 Å².